The molecular weight excluding hydrogens is 263 g/mol. The maximum absolute atomic E-state index is 11.8. The molecule has 0 aliphatic rings. The van der Waals surface area contributed by atoms with E-state index in [1.165, 1.54) is 6.20 Å². The zero-order valence-corrected chi connectivity index (χ0v) is 9.88. The quantitative estimate of drug-likeness (QED) is 0.674. The number of thioether (sulfide) groups is 1. The van der Waals surface area contributed by atoms with Crippen LogP contribution in [0, 0.1) is 6.92 Å². The maximum Gasteiger partial charge on any atom is 0.441 e. The van der Waals surface area contributed by atoms with Crippen LogP contribution >= 0.6 is 23.4 Å². The number of rotatable bonds is 4. The predicted octanol–water partition coefficient (Wildman–Crippen LogP) is 3.10. The van der Waals surface area contributed by atoms with Crippen LogP contribution in [0.15, 0.2) is 6.20 Å². The fourth-order valence-electron chi connectivity index (χ4n) is 0.936. The molecule has 0 amide bonds. The van der Waals surface area contributed by atoms with Gasteiger partial charge in [0.2, 0.25) is 5.28 Å². The highest BCUT2D eigenvalue weighted by atomic mass is 35.5. The van der Waals surface area contributed by atoms with E-state index in [9.17, 15) is 13.2 Å². The molecule has 0 unspecified atom stereocenters. The first-order chi connectivity index (χ1) is 7.38. The van der Waals surface area contributed by atoms with Crippen molar-refractivity contribution in [2.45, 2.75) is 12.4 Å². The number of hydrogen-bond donors (Lipinski definition) is 1. The Labute approximate surface area is 99.8 Å². The Morgan fingerprint density at radius 3 is 2.81 bits per heavy atom. The normalized spacial score (nSPS) is 11.6. The summed E-state index contributed by atoms with van der Waals surface area (Å²) in [6.07, 6.45) is 1.51. The average Bonchev–Trinajstić information content (AvgIpc) is 2.16. The molecule has 3 nitrogen and oxygen atoms in total. The van der Waals surface area contributed by atoms with Gasteiger partial charge in [-0.25, -0.2) is 9.97 Å². The Bertz CT molecular complexity index is 359. The average molecular weight is 272 g/mol. The summed E-state index contributed by atoms with van der Waals surface area (Å²) in [5.74, 6) is 0.382. The van der Waals surface area contributed by atoms with Gasteiger partial charge < -0.3 is 5.32 Å². The summed E-state index contributed by atoms with van der Waals surface area (Å²) in [5.41, 5.74) is -3.46. The fourth-order valence-corrected chi connectivity index (χ4v) is 1.50. The number of aryl methyl sites for hydroxylation is 1. The van der Waals surface area contributed by atoms with E-state index in [-0.39, 0.29) is 29.3 Å². The van der Waals surface area contributed by atoms with E-state index in [1.54, 1.807) is 6.92 Å². The molecule has 0 radical (unpaired) electrons. The van der Waals surface area contributed by atoms with Crippen LogP contribution in [0.1, 0.15) is 5.56 Å². The first-order valence-electron chi connectivity index (χ1n) is 4.32. The summed E-state index contributed by atoms with van der Waals surface area (Å²) in [5, 5.41) is 2.84. The number of anilines is 1. The molecular formula is C8H9ClF3N3S. The molecule has 90 valence electrons. The predicted molar refractivity (Wildman–Crippen MR) is 58.8 cm³/mol. The molecule has 0 aromatic carbocycles. The van der Waals surface area contributed by atoms with E-state index in [1.807, 2.05) is 0 Å². The minimum absolute atomic E-state index is 0.0663. The van der Waals surface area contributed by atoms with Crippen LogP contribution < -0.4 is 5.32 Å². The minimum Gasteiger partial charge on any atom is -0.369 e. The van der Waals surface area contributed by atoms with E-state index in [0.717, 1.165) is 5.56 Å². The number of alkyl halides is 3. The van der Waals surface area contributed by atoms with Gasteiger partial charge in [0.15, 0.2) is 0 Å². The Hall–Kier alpha value is -0.690. The van der Waals surface area contributed by atoms with Crippen molar-refractivity contribution in [3.8, 4) is 0 Å². The first kappa shape index (κ1) is 13.4. The summed E-state index contributed by atoms with van der Waals surface area (Å²) in [6, 6.07) is 0. The van der Waals surface area contributed by atoms with Crippen LogP contribution in [0.4, 0.5) is 19.0 Å². The molecule has 1 rings (SSSR count). The molecule has 0 fully saturated rings. The third kappa shape index (κ3) is 4.89. The SMILES string of the molecule is Cc1cnc(Cl)nc1NCCSC(F)(F)F. The van der Waals surface area contributed by atoms with E-state index >= 15 is 0 Å². The van der Waals surface area contributed by atoms with Gasteiger partial charge in [-0.2, -0.15) is 13.2 Å². The molecule has 8 heteroatoms. The number of nitrogens with zero attached hydrogens (tertiary/aromatic N) is 2. The lowest BCUT2D eigenvalue weighted by atomic mass is 10.3. The highest BCUT2D eigenvalue weighted by Crippen LogP contribution is 2.29. The topological polar surface area (TPSA) is 37.8 Å². The van der Waals surface area contributed by atoms with Crippen molar-refractivity contribution < 1.29 is 13.2 Å². The summed E-state index contributed by atoms with van der Waals surface area (Å²) >= 11 is 5.48. The summed E-state index contributed by atoms with van der Waals surface area (Å²) in [4.78, 5) is 7.60. The highest BCUT2D eigenvalue weighted by Gasteiger charge is 2.27. The van der Waals surface area contributed by atoms with Gasteiger partial charge in [-0.3, -0.25) is 0 Å². The van der Waals surface area contributed by atoms with E-state index in [2.05, 4.69) is 15.3 Å². The second-order valence-electron chi connectivity index (χ2n) is 2.89. The first-order valence-corrected chi connectivity index (χ1v) is 5.68. The molecule has 1 aromatic rings. The maximum atomic E-state index is 11.8. The number of halogens is 4. The van der Waals surface area contributed by atoms with E-state index < -0.39 is 5.51 Å². The van der Waals surface area contributed by atoms with Crippen LogP contribution in [0.3, 0.4) is 0 Å². The zero-order chi connectivity index (χ0) is 12.2. The number of nitrogens with one attached hydrogen (secondary N) is 1. The van der Waals surface area contributed by atoms with Crippen molar-refractivity contribution in [1.82, 2.24) is 9.97 Å². The lowest BCUT2D eigenvalue weighted by molar-refractivity contribution is -0.0327. The molecule has 0 saturated carbocycles. The Balaban J connectivity index is 2.40. The van der Waals surface area contributed by atoms with Gasteiger partial charge in [-0.15, -0.1) is 0 Å². The molecule has 1 heterocycles. The summed E-state index contributed by atoms with van der Waals surface area (Å²) in [7, 11) is 0. The summed E-state index contributed by atoms with van der Waals surface area (Å²) < 4.78 is 35.4. The van der Waals surface area contributed by atoms with Crippen LogP contribution in [-0.2, 0) is 0 Å². The van der Waals surface area contributed by atoms with Crippen LogP contribution in [0.25, 0.3) is 0 Å². The minimum atomic E-state index is -4.19. The van der Waals surface area contributed by atoms with Crippen molar-refractivity contribution in [2.24, 2.45) is 0 Å². The van der Waals surface area contributed by atoms with E-state index in [0.29, 0.717) is 5.82 Å². The van der Waals surface area contributed by atoms with Crippen molar-refractivity contribution in [2.75, 3.05) is 17.6 Å². The second-order valence-corrected chi connectivity index (χ2v) is 4.39. The Morgan fingerprint density at radius 2 is 2.19 bits per heavy atom. The summed E-state index contributed by atoms with van der Waals surface area (Å²) in [6.45, 7) is 1.91. The van der Waals surface area contributed by atoms with Crippen molar-refractivity contribution in [3.63, 3.8) is 0 Å². The lowest BCUT2D eigenvalue weighted by Crippen LogP contribution is -2.11. The number of aromatic nitrogens is 2. The zero-order valence-electron chi connectivity index (χ0n) is 8.31. The molecule has 0 atom stereocenters. The molecule has 0 saturated heterocycles. The van der Waals surface area contributed by atoms with Crippen molar-refractivity contribution in [1.29, 1.82) is 0 Å². The van der Waals surface area contributed by atoms with Crippen LogP contribution in [0.5, 0.6) is 0 Å². The number of hydrogen-bond acceptors (Lipinski definition) is 4. The molecule has 1 aromatic heterocycles. The van der Waals surface area contributed by atoms with Gasteiger partial charge in [-0.05, 0) is 30.3 Å². The molecule has 1 N–H and O–H groups in total. The molecule has 0 spiro atoms. The van der Waals surface area contributed by atoms with Crippen LogP contribution in [0.2, 0.25) is 5.28 Å². The smallest absolute Gasteiger partial charge is 0.369 e. The fraction of sp³-hybridized carbons (Fsp3) is 0.500. The van der Waals surface area contributed by atoms with Gasteiger partial charge >= 0.3 is 5.51 Å². The van der Waals surface area contributed by atoms with Crippen molar-refractivity contribution in [3.05, 3.63) is 17.0 Å². The third-order valence-corrected chi connectivity index (χ3v) is 2.52. The van der Waals surface area contributed by atoms with Gasteiger partial charge in [0.1, 0.15) is 5.82 Å². The molecule has 0 bridgehead atoms. The second kappa shape index (κ2) is 5.58. The standard InChI is InChI=1S/C8H9ClF3N3S/c1-5-4-14-7(9)15-6(5)13-2-3-16-8(10,11)12/h4H,2-3H2,1H3,(H,13,14,15). The van der Waals surface area contributed by atoms with Gasteiger partial charge in [0.25, 0.3) is 0 Å². The third-order valence-electron chi connectivity index (χ3n) is 1.60. The molecule has 16 heavy (non-hydrogen) atoms. The Morgan fingerprint density at radius 1 is 1.50 bits per heavy atom. The molecule has 0 aliphatic carbocycles. The van der Waals surface area contributed by atoms with Gasteiger partial charge in [0, 0.05) is 24.1 Å². The lowest BCUT2D eigenvalue weighted by Gasteiger charge is -2.09. The van der Waals surface area contributed by atoms with E-state index in [4.69, 9.17) is 11.6 Å². The van der Waals surface area contributed by atoms with Crippen LogP contribution in [-0.4, -0.2) is 27.8 Å². The Kier molecular flexibility index (Phi) is 4.67. The monoisotopic (exact) mass is 271 g/mol. The molecule has 0 aliphatic heterocycles. The highest BCUT2D eigenvalue weighted by molar-refractivity contribution is 8.00. The largest absolute Gasteiger partial charge is 0.441 e. The van der Waals surface area contributed by atoms with Gasteiger partial charge in [0.05, 0.1) is 0 Å². The van der Waals surface area contributed by atoms with Crippen molar-refractivity contribution >= 4 is 29.2 Å². The van der Waals surface area contributed by atoms with Gasteiger partial charge in [-0.1, -0.05) is 0 Å².